The van der Waals surface area contributed by atoms with Gasteiger partial charge in [-0.05, 0) is 65.0 Å². The van der Waals surface area contributed by atoms with Crippen LogP contribution < -0.4 is 16.2 Å². The smallest absolute Gasteiger partial charge is 0.321 e. The first-order valence-electron chi connectivity index (χ1n) is 10.4. The number of pyridine rings is 1. The number of aromatic nitrogens is 1. The summed E-state index contributed by atoms with van der Waals surface area (Å²) in [7, 11) is 0. The van der Waals surface area contributed by atoms with E-state index < -0.39 is 11.8 Å². The number of carbonyl (C=O) groups excluding carboxylic acids is 2. The molecular formula is C23H22BrFN4O3S. The molecule has 0 bridgehead atoms. The normalized spacial score (nSPS) is 15.5. The second kappa shape index (κ2) is 9.88. The summed E-state index contributed by atoms with van der Waals surface area (Å²) in [5, 5.41) is 5.53. The van der Waals surface area contributed by atoms with Crippen molar-refractivity contribution in [2.24, 2.45) is 5.92 Å². The second-order valence-electron chi connectivity index (χ2n) is 7.88. The zero-order chi connectivity index (χ0) is 23.5. The predicted molar refractivity (Wildman–Crippen MR) is 130 cm³/mol. The molecule has 4 rings (SSSR count). The number of hydrogen-bond acceptors (Lipinski definition) is 4. The maximum Gasteiger partial charge on any atom is 0.321 e. The topological polar surface area (TPSA) is 83.4 Å². The van der Waals surface area contributed by atoms with Gasteiger partial charge in [-0.1, -0.05) is 6.07 Å². The van der Waals surface area contributed by atoms with E-state index in [1.165, 1.54) is 34.1 Å². The van der Waals surface area contributed by atoms with Crippen LogP contribution in [0.2, 0.25) is 0 Å². The van der Waals surface area contributed by atoms with Gasteiger partial charge in [0.1, 0.15) is 5.82 Å². The highest BCUT2D eigenvalue weighted by Gasteiger charge is 2.27. The Morgan fingerprint density at radius 2 is 2.06 bits per heavy atom. The van der Waals surface area contributed by atoms with Crippen LogP contribution in [0.3, 0.4) is 0 Å². The van der Waals surface area contributed by atoms with Crippen molar-refractivity contribution in [3.63, 3.8) is 0 Å². The van der Waals surface area contributed by atoms with Crippen LogP contribution in [-0.2, 0) is 0 Å². The third kappa shape index (κ3) is 5.33. The van der Waals surface area contributed by atoms with Crippen molar-refractivity contribution in [3.05, 3.63) is 79.1 Å². The standard InChI is InChI=1S/C23H22BrFN4O3S/c1-14-10-19(33-21(14)24)22(31)26-12-15-7-9-28(13-15)23(32)27-18-6-5-16(11-17(18)25)29-8-3-2-4-20(29)30/h2-6,8,10-11,15H,7,9,12-13H2,1H3,(H,26,31)(H,27,32)/t15-/m1/s1. The number of nitrogens with one attached hydrogen (secondary N) is 2. The third-order valence-electron chi connectivity index (χ3n) is 5.50. The van der Waals surface area contributed by atoms with Crippen molar-refractivity contribution < 1.29 is 14.0 Å². The molecule has 3 amide bonds. The van der Waals surface area contributed by atoms with E-state index in [4.69, 9.17) is 0 Å². The SMILES string of the molecule is Cc1cc(C(=O)NC[C@H]2CCN(C(=O)Nc3ccc(-n4ccccc4=O)cc3F)C2)sc1Br. The highest BCUT2D eigenvalue weighted by Crippen LogP contribution is 2.27. The predicted octanol–water partition coefficient (Wildman–Crippen LogP) is 4.39. The number of likely N-dealkylation sites (tertiary alicyclic amines) is 1. The average Bonchev–Trinajstić information content (AvgIpc) is 3.40. The van der Waals surface area contributed by atoms with Crippen molar-refractivity contribution in [2.45, 2.75) is 13.3 Å². The summed E-state index contributed by atoms with van der Waals surface area (Å²) in [6.07, 6.45) is 2.30. The Morgan fingerprint density at radius 3 is 2.76 bits per heavy atom. The number of hydrogen-bond donors (Lipinski definition) is 2. The number of halogens is 2. The van der Waals surface area contributed by atoms with Gasteiger partial charge in [-0.25, -0.2) is 9.18 Å². The Hall–Kier alpha value is -2.98. The Kier molecular flexibility index (Phi) is 6.94. The zero-order valence-corrected chi connectivity index (χ0v) is 20.2. The lowest BCUT2D eigenvalue weighted by Crippen LogP contribution is -2.35. The molecular weight excluding hydrogens is 511 g/mol. The summed E-state index contributed by atoms with van der Waals surface area (Å²) in [6.45, 7) is 3.39. The maximum absolute atomic E-state index is 14.6. The number of carbonyl (C=O) groups is 2. The molecule has 2 aromatic heterocycles. The fourth-order valence-corrected chi connectivity index (χ4v) is 5.12. The van der Waals surface area contributed by atoms with Crippen LogP contribution in [0.5, 0.6) is 0 Å². The zero-order valence-electron chi connectivity index (χ0n) is 17.8. The van der Waals surface area contributed by atoms with E-state index in [2.05, 4.69) is 26.6 Å². The van der Waals surface area contributed by atoms with Gasteiger partial charge in [0.05, 0.1) is 20.0 Å². The lowest BCUT2D eigenvalue weighted by Gasteiger charge is -2.18. The van der Waals surface area contributed by atoms with Crippen molar-refractivity contribution in [1.82, 2.24) is 14.8 Å². The molecule has 0 saturated carbocycles. The molecule has 0 aliphatic carbocycles. The third-order valence-corrected chi connectivity index (χ3v) is 7.64. The summed E-state index contributed by atoms with van der Waals surface area (Å²) in [6, 6.07) is 10.4. The Balaban J connectivity index is 1.32. The van der Waals surface area contributed by atoms with Gasteiger partial charge in [0.25, 0.3) is 11.5 Å². The van der Waals surface area contributed by atoms with Crippen LogP contribution in [0, 0.1) is 18.7 Å². The molecule has 1 aromatic carbocycles. The molecule has 10 heteroatoms. The minimum Gasteiger partial charge on any atom is -0.351 e. The van der Waals surface area contributed by atoms with Crippen LogP contribution in [0.4, 0.5) is 14.9 Å². The Bertz CT molecular complexity index is 1240. The van der Waals surface area contributed by atoms with E-state index in [9.17, 15) is 18.8 Å². The molecule has 3 heterocycles. The molecule has 1 fully saturated rings. The van der Waals surface area contributed by atoms with Gasteiger partial charge in [-0.2, -0.15) is 0 Å². The molecule has 0 unspecified atom stereocenters. The molecule has 7 nitrogen and oxygen atoms in total. The van der Waals surface area contributed by atoms with Crippen LogP contribution >= 0.6 is 27.3 Å². The quantitative estimate of drug-likeness (QED) is 0.511. The first-order valence-corrected chi connectivity index (χ1v) is 12.0. The van der Waals surface area contributed by atoms with E-state index in [0.29, 0.717) is 30.2 Å². The van der Waals surface area contributed by atoms with Crippen LogP contribution in [-0.4, -0.2) is 41.0 Å². The summed E-state index contributed by atoms with van der Waals surface area (Å²) in [5.41, 5.74) is 1.17. The number of aryl methyl sites for hydroxylation is 1. The van der Waals surface area contributed by atoms with Gasteiger partial charge in [-0.3, -0.25) is 14.2 Å². The number of benzene rings is 1. The van der Waals surface area contributed by atoms with Crippen LogP contribution in [0.15, 0.2) is 57.2 Å². The average molecular weight is 533 g/mol. The lowest BCUT2D eigenvalue weighted by molar-refractivity contribution is 0.0952. The fraction of sp³-hybridized carbons (Fsp3) is 0.261. The van der Waals surface area contributed by atoms with E-state index in [-0.39, 0.29) is 23.1 Å². The molecule has 0 radical (unpaired) electrons. The van der Waals surface area contributed by atoms with E-state index in [0.717, 1.165) is 15.8 Å². The molecule has 33 heavy (non-hydrogen) atoms. The van der Waals surface area contributed by atoms with Gasteiger partial charge in [0.2, 0.25) is 0 Å². The number of thiophene rings is 1. The number of urea groups is 1. The largest absolute Gasteiger partial charge is 0.351 e. The van der Waals surface area contributed by atoms with Crippen molar-refractivity contribution >= 4 is 44.9 Å². The number of rotatable bonds is 5. The molecule has 0 spiro atoms. The first kappa shape index (κ1) is 23.2. The van der Waals surface area contributed by atoms with E-state index in [1.807, 2.05) is 13.0 Å². The summed E-state index contributed by atoms with van der Waals surface area (Å²) in [5.74, 6) is -0.630. The lowest BCUT2D eigenvalue weighted by atomic mass is 10.1. The van der Waals surface area contributed by atoms with Gasteiger partial charge in [-0.15, -0.1) is 11.3 Å². The van der Waals surface area contributed by atoms with Gasteiger partial charge in [0, 0.05) is 38.0 Å². The molecule has 1 atom stereocenters. The van der Waals surface area contributed by atoms with Crippen molar-refractivity contribution in [1.29, 1.82) is 0 Å². The maximum atomic E-state index is 14.6. The summed E-state index contributed by atoms with van der Waals surface area (Å²) in [4.78, 5) is 39.1. The number of amides is 3. The molecule has 172 valence electrons. The monoisotopic (exact) mass is 532 g/mol. The molecule has 1 aliphatic heterocycles. The van der Waals surface area contributed by atoms with E-state index >= 15 is 0 Å². The highest BCUT2D eigenvalue weighted by molar-refractivity contribution is 9.11. The minimum absolute atomic E-state index is 0.0446. The highest BCUT2D eigenvalue weighted by atomic mass is 79.9. The Labute approximate surface area is 202 Å². The number of nitrogens with zero attached hydrogens (tertiary/aromatic N) is 2. The Morgan fingerprint density at radius 1 is 1.24 bits per heavy atom. The van der Waals surface area contributed by atoms with Gasteiger partial charge < -0.3 is 15.5 Å². The van der Waals surface area contributed by atoms with Gasteiger partial charge >= 0.3 is 6.03 Å². The summed E-state index contributed by atoms with van der Waals surface area (Å²) < 4.78 is 16.9. The van der Waals surface area contributed by atoms with Crippen molar-refractivity contribution in [2.75, 3.05) is 25.0 Å². The summed E-state index contributed by atoms with van der Waals surface area (Å²) >= 11 is 4.81. The van der Waals surface area contributed by atoms with E-state index in [1.54, 1.807) is 29.3 Å². The first-order chi connectivity index (χ1) is 15.8. The molecule has 3 aromatic rings. The number of anilines is 1. The minimum atomic E-state index is -0.628. The second-order valence-corrected chi connectivity index (χ2v) is 10.3. The van der Waals surface area contributed by atoms with Gasteiger partial charge in [0.15, 0.2) is 0 Å². The fourth-order valence-electron chi connectivity index (χ4n) is 3.67. The van der Waals surface area contributed by atoms with Crippen LogP contribution in [0.25, 0.3) is 5.69 Å². The molecule has 1 aliphatic rings. The molecule has 1 saturated heterocycles. The van der Waals surface area contributed by atoms with Crippen molar-refractivity contribution in [3.8, 4) is 5.69 Å². The molecule has 2 N–H and O–H groups in total. The van der Waals surface area contributed by atoms with Crippen LogP contribution in [0.1, 0.15) is 21.7 Å².